The van der Waals surface area contributed by atoms with Crippen molar-refractivity contribution in [3.8, 4) is 0 Å². The number of hydrogen-bond donors (Lipinski definition) is 1. The fourth-order valence-corrected chi connectivity index (χ4v) is 3.06. The van der Waals surface area contributed by atoms with Gasteiger partial charge in [0, 0.05) is 5.69 Å². The van der Waals surface area contributed by atoms with E-state index in [-0.39, 0.29) is 11.5 Å². The Bertz CT molecular complexity index is 796. The van der Waals surface area contributed by atoms with Gasteiger partial charge in [0.05, 0.1) is 11.5 Å². The molecule has 0 saturated carbocycles. The molecule has 0 saturated heterocycles. The summed E-state index contributed by atoms with van der Waals surface area (Å²) in [5.74, 6) is -3.32. The third-order valence-corrected chi connectivity index (χ3v) is 4.14. The molecule has 152 valence electrons. The number of carbonyl (C=O) groups excluding carboxylic acids is 3. The molecule has 0 heterocycles. The fourth-order valence-electron chi connectivity index (χ4n) is 3.06. The fraction of sp³-hybridized carbons (Fsp3) is 0.500. The number of anilines is 1. The smallest absolute Gasteiger partial charge is 0.335 e. The van der Waals surface area contributed by atoms with Gasteiger partial charge in [-0.15, -0.1) is 0 Å². The molecule has 2 atom stereocenters. The van der Waals surface area contributed by atoms with Crippen LogP contribution >= 0.6 is 0 Å². The van der Waals surface area contributed by atoms with Crippen molar-refractivity contribution < 1.29 is 23.9 Å². The second-order valence-corrected chi connectivity index (χ2v) is 8.94. The van der Waals surface area contributed by atoms with Crippen LogP contribution in [0.4, 0.5) is 5.69 Å². The van der Waals surface area contributed by atoms with Crippen molar-refractivity contribution in [3.05, 3.63) is 41.5 Å². The molecule has 6 nitrogen and oxygen atoms in total. The molecule has 1 aliphatic rings. The van der Waals surface area contributed by atoms with Gasteiger partial charge in [-0.1, -0.05) is 18.2 Å². The van der Waals surface area contributed by atoms with Crippen molar-refractivity contribution in [1.82, 2.24) is 0 Å². The molecule has 0 bridgehead atoms. The number of para-hydroxylation sites is 1. The number of esters is 2. The molecule has 0 spiro atoms. The Morgan fingerprint density at radius 2 is 1.39 bits per heavy atom. The molecule has 1 amide bonds. The van der Waals surface area contributed by atoms with E-state index in [4.69, 9.17) is 9.47 Å². The summed E-state index contributed by atoms with van der Waals surface area (Å²) >= 11 is 0. The third-order valence-electron chi connectivity index (χ3n) is 4.14. The van der Waals surface area contributed by atoms with Crippen molar-refractivity contribution in [2.45, 2.75) is 59.7 Å². The van der Waals surface area contributed by atoms with E-state index in [9.17, 15) is 14.4 Å². The zero-order valence-corrected chi connectivity index (χ0v) is 17.6. The van der Waals surface area contributed by atoms with Crippen LogP contribution < -0.4 is 5.32 Å². The quantitative estimate of drug-likeness (QED) is 0.793. The predicted molar refractivity (Wildman–Crippen MR) is 106 cm³/mol. The lowest BCUT2D eigenvalue weighted by molar-refractivity contribution is -0.166. The molecule has 1 aliphatic carbocycles. The zero-order valence-electron chi connectivity index (χ0n) is 17.6. The lowest BCUT2D eigenvalue weighted by Crippen LogP contribution is -2.48. The van der Waals surface area contributed by atoms with E-state index < -0.39 is 35.0 Å². The summed E-state index contributed by atoms with van der Waals surface area (Å²) in [7, 11) is 0. The van der Waals surface area contributed by atoms with Crippen molar-refractivity contribution >= 4 is 23.5 Å². The summed E-state index contributed by atoms with van der Waals surface area (Å²) in [6.07, 6.45) is 0. The first kappa shape index (κ1) is 21.7. The SMILES string of the molecule is CC1=C(C(=O)OC(C)(C)C)[C@@H](C(=O)OC(C)(C)C)[C@@H]1C(=O)Nc1ccccc1. The van der Waals surface area contributed by atoms with E-state index in [1.165, 1.54) is 0 Å². The first-order valence-electron chi connectivity index (χ1n) is 9.33. The molecule has 0 aliphatic heterocycles. The molecule has 1 aromatic carbocycles. The second kappa shape index (κ2) is 7.78. The number of ether oxygens (including phenoxy) is 2. The number of amides is 1. The van der Waals surface area contributed by atoms with Crippen molar-refractivity contribution in [2.75, 3.05) is 5.32 Å². The molecular weight excluding hydrogens is 358 g/mol. The molecule has 0 unspecified atom stereocenters. The maximum atomic E-state index is 12.8. The Morgan fingerprint density at radius 3 is 1.89 bits per heavy atom. The minimum Gasteiger partial charge on any atom is -0.459 e. The van der Waals surface area contributed by atoms with E-state index in [2.05, 4.69) is 5.32 Å². The maximum Gasteiger partial charge on any atom is 0.335 e. The minimum atomic E-state index is -0.988. The molecule has 0 radical (unpaired) electrons. The summed E-state index contributed by atoms with van der Waals surface area (Å²) in [6, 6.07) is 8.96. The highest BCUT2D eigenvalue weighted by molar-refractivity contribution is 6.07. The highest BCUT2D eigenvalue weighted by atomic mass is 16.6. The predicted octanol–water partition coefficient (Wildman–Crippen LogP) is 3.87. The topological polar surface area (TPSA) is 81.7 Å². The van der Waals surface area contributed by atoms with Gasteiger partial charge < -0.3 is 14.8 Å². The molecule has 0 aromatic heterocycles. The number of rotatable bonds is 4. The summed E-state index contributed by atoms with van der Waals surface area (Å²) in [4.78, 5) is 38.3. The van der Waals surface area contributed by atoms with E-state index in [1.54, 1.807) is 72.7 Å². The first-order chi connectivity index (χ1) is 12.8. The van der Waals surface area contributed by atoms with Crippen LogP contribution in [0.3, 0.4) is 0 Å². The summed E-state index contributed by atoms with van der Waals surface area (Å²) < 4.78 is 10.9. The summed E-state index contributed by atoms with van der Waals surface area (Å²) in [6.45, 7) is 12.2. The number of nitrogens with one attached hydrogen (secondary N) is 1. The van der Waals surface area contributed by atoms with Gasteiger partial charge in [-0.2, -0.15) is 0 Å². The van der Waals surface area contributed by atoms with Crippen LogP contribution in [-0.4, -0.2) is 29.0 Å². The van der Waals surface area contributed by atoms with Gasteiger partial charge >= 0.3 is 11.9 Å². The highest BCUT2D eigenvalue weighted by Gasteiger charge is 2.52. The van der Waals surface area contributed by atoms with Crippen LogP contribution in [0.2, 0.25) is 0 Å². The first-order valence-corrected chi connectivity index (χ1v) is 9.33. The van der Waals surface area contributed by atoms with E-state index >= 15 is 0 Å². The summed E-state index contributed by atoms with van der Waals surface area (Å²) in [5, 5.41) is 2.80. The van der Waals surface area contributed by atoms with Crippen LogP contribution in [0.25, 0.3) is 0 Å². The number of benzene rings is 1. The van der Waals surface area contributed by atoms with E-state index in [0.717, 1.165) is 0 Å². The molecule has 6 heteroatoms. The largest absolute Gasteiger partial charge is 0.459 e. The molecule has 2 rings (SSSR count). The summed E-state index contributed by atoms with van der Waals surface area (Å²) in [5.41, 5.74) is -0.0924. The molecule has 0 fully saturated rings. The average molecular weight is 387 g/mol. The van der Waals surface area contributed by atoms with Crippen molar-refractivity contribution in [1.29, 1.82) is 0 Å². The lowest BCUT2D eigenvalue weighted by Gasteiger charge is -2.39. The third kappa shape index (κ3) is 5.21. The zero-order chi connectivity index (χ0) is 21.3. The molecular formula is C22H29NO5. The van der Waals surface area contributed by atoms with Crippen LogP contribution in [0.5, 0.6) is 0 Å². The lowest BCUT2D eigenvalue weighted by atomic mass is 9.67. The van der Waals surface area contributed by atoms with Crippen molar-refractivity contribution in [2.24, 2.45) is 11.8 Å². The minimum absolute atomic E-state index is 0.206. The van der Waals surface area contributed by atoms with Gasteiger partial charge in [-0.05, 0) is 66.2 Å². The van der Waals surface area contributed by atoms with Gasteiger partial charge in [0.2, 0.25) is 5.91 Å². The van der Waals surface area contributed by atoms with E-state index in [0.29, 0.717) is 11.3 Å². The highest BCUT2D eigenvalue weighted by Crippen LogP contribution is 2.44. The maximum absolute atomic E-state index is 12.8. The van der Waals surface area contributed by atoms with E-state index in [1.807, 2.05) is 6.07 Å². The van der Waals surface area contributed by atoms with Gasteiger partial charge in [-0.3, -0.25) is 9.59 Å². The molecule has 28 heavy (non-hydrogen) atoms. The van der Waals surface area contributed by atoms with Crippen LogP contribution in [0.15, 0.2) is 41.5 Å². The van der Waals surface area contributed by atoms with Crippen LogP contribution in [0, 0.1) is 11.8 Å². The Balaban J connectivity index is 2.32. The molecule has 1 aromatic rings. The van der Waals surface area contributed by atoms with Gasteiger partial charge in [0.25, 0.3) is 0 Å². The monoisotopic (exact) mass is 387 g/mol. The van der Waals surface area contributed by atoms with Gasteiger partial charge in [-0.25, -0.2) is 4.79 Å². The van der Waals surface area contributed by atoms with Crippen LogP contribution in [0.1, 0.15) is 48.5 Å². The van der Waals surface area contributed by atoms with Gasteiger partial charge in [0.1, 0.15) is 17.1 Å². The normalized spacial score (nSPS) is 19.5. The Hall–Kier alpha value is -2.63. The Labute approximate surface area is 166 Å². The van der Waals surface area contributed by atoms with Crippen LogP contribution in [-0.2, 0) is 23.9 Å². The average Bonchev–Trinajstić information content (AvgIpc) is 2.49. The van der Waals surface area contributed by atoms with Gasteiger partial charge in [0.15, 0.2) is 0 Å². The Kier molecular flexibility index (Phi) is 6.02. The number of carbonyl (C=O) groups is 3. The standard InChI is InChI=1S/C22H29NO5/c1-13-15(18(24)23-14-11-9-8-10-12-14)17(20(26)28-22(5,6)7)16(13)19(25)27-21(2,3)4/h8-12,15,17H,1-7H3,(H,23,24)/t15-,17+/m1/s1. The second-order valence-electron chi connectivity index (χ2n) is 8.94. The molecule has 1 N–H and O–H groups in total. The number of hydrogen-bond acceptors (Lipinski definition) is 5. The van der Waals surface area contributed by atoms with Crippen molar-refractivity contribution in [3.63, 3.8) is 0 Å². The Morgan fingerprint density at radius 1 is 0.857 bits per heavy atom.